The Bertz CT molecular complexity index is 392. The van der Waals surface area contributed by atoms with E-state index < -0.39 is 0 Å². The quantitative estimate of drug-likeness (QED) is 0.858. The third-order valence-electron chi connectivity index (χ3n) is 2.08. The summed E-state index contributed by atoms with van der Waals surface area (Å²) in [5, 5.41) is 13.3. The lowest BCUT2D eigenvalue weighted by Gasteiger charge is -2.04. The second-order valence-electron chi connectivity index (χ2n) is 3.22. The van der Waals surface area contributed by atoms with Crippen LogP contribution in [0.15, 0.2) is 41.1 Å². The number of aromatic hydroxyl groups is 1. The first-order valence-corrected chi connectivity index (χ1v) is 5.72. The van der Waals surface area contributed by atoms with Gasteiger partial charge in [0.25, 0.3) is 0 Å². The Balaban J connectivity index is 1.81. The van der Waals surface area contributed by atoms with Crippen molar-refractivity contribution >= 4 is 11.3 Å². The molecule has 2 aromatic rings. The van der Waals surface area contributed by atoms with E-state index in [1.165, 1.54) is 5.56 Å². The molecule has 0 saturated heterocycles. The molecule has 0 fully saturated rings. The summed E-state index contributed by atoms with van der Waals surface area (Å²) in [5.74, 6) is 1.06. The number of benzene rings is 1. The fourth-order valence-electron chi connectivity index (χ4n) is 1.26. The molecule has 0 radical (unpaired) electrons. The molecule has 0 bridgehead atoms. The van der Waals surface area contributed by atoms with Gasteiger partial charge in [-0.05, 0) is 46.7 Å². The van der Waals surface area contributed by atoms with Gasteiger partial charge in [0.2, 0.25) is 0 Å². The molecule has 0 saturated carbocycles. The van der Waals surface area contributed by atoms with Gasteiger partial charge in [-0.2, -0.15) is 11.3 Å². The van der Waals surface area contributed by atoms with Gasteiger partial charge in [0, 0.05) is 6.42 Å². The first-order valence-electron chi connectivity index (χ1n) is 4.77. The van der Waals surface area contributed by atoms with Crippen LogP contribution < -0.4 is 4.74 Å². The monoisotopic (exact) mass is 220 g/mol. The predicted molar refractivity (Wildman–Crippen MR) is 61.6 cm³/mol. The molecule has 0 amide bonds. The zero-order chi connectivity index (χ0) is 10.5. The largest absolute Gasteiger partial charge is 0.508 e. The fraction of sp³-hybridized carbons (Fsp3) is 0.167. The van der Waals surface area contributed by atoms with E-state index in [1.54, 1.807) is 35.6 Å². The second kappa shape index (κ2) is 4.84. The van der Waals surface area contributed by atoms with Gasteiger partial charge in [-0.25, -0.2) is 0 Å². The van der Waals surface area contributed by atoms with E-state index in [-0.39, 0.29) is 5.75 Å². The predicted octanol–water partition coefficient (Wildman–Crippen LogP) is 3.08. The van der Waals surface area contributed by atoms with E-state index in [1.807, 2.05) is 0 Å². The molecule has 15 heavy (non-hydrogen) atoms. The lowest BCUT2D eigenvalue weighted by Crippen LogP contribution is -1.99. The number of hydrogen-bond donors (Lipinski definition) is 1. The topological polar surface area (TPSA) is 29.5 Å². The number of phenolic OH excluding ortho intramolecular Hbond substituents is 1. The molecule has 0 spiro atoms. The molecule has 1 aromatic carbocycles. The van der Waals surface area contributed by atoms with Crippen LogP contribution in [0.1, 0.15) is 5.56 Å². The Hall–Kier alpha value is -1.48. The van der Waals surface area contributed by atoms with Crippen molar-refractivity contribution < 1.29 is 9.84 Å². The standard InChI is InChI=1S/C12H12O2S/c13-11-1-3-12(4-2-11)14-7-5-10-6-8-15-9-10/h1-4,6,8-9,13H,5,7H2. The summed E-state index contributed by atoms with van der Waals surface area (Å²) in [6, 6.07) is 8.89. The highest BCUT2D eigenvalue weighted by Gasteiger charge is 1.96. The van der Waals surface area contributed by atoms with Gasteiger partial charge in [0.05, 0.1) is 6.61 Å². The Morgan fingerprint density at radius 3 is 2.60 bits per heavy atom. The molecule has 0 aliphatic rings. The van der Waals surface area contributed by atoms with Crippen molar-refractivity contribution in [3.05, 3.63) is 46.7 Å². The summed E-state index contributed by atoms with van der Waals surface area (Å²) >= 11 is 1.70. The Morgan fingerprint density at radius 2 is 1.93 bits per heavy atom. The van der Waals surface area contributed by atoms with Crippen LogP contribution in [0.5, 0.6) is 11.5 Å². The molecule has 0 aliphatic heterocycles. The average molecular weight is 220 g/mol. The van der Waals surface area contributed by atoms with Crippen molar-refractivity contribution in [3.63, 3.8) is 0 Å². The molecule has 3 heteroatoms. The molecule has 0 aliphatic carbocycles. The van der Waals surface area contributed by atoms with E-state index in [0.717, 1.165) is 12.2 Å². The SMILES string of the molecule is Oc1ccc(OCCc2ccsc2)cc1. The first-order chi connectivity index (χ1) is 7.34. The van der Waals surface area contributed by atoms with Gasteiger partial charge in [-0.1, -0.05) is 0 Å². The molecular formula is C12H12O2S. The van der Waals surface area contributed by atoms with Crippen molar-refractivity contribution in [1.82, 2.24) is 0 Å². The zero-order valence-electron chi connectivity index (χ0n) is 8.22. The van der Waals surface area contributed by atoms with E-state index in [0.29, 0.717) is 6.61 Å². The van der Waals surface area contributed by atoms with E-state index in [9.17, 15) is 0 Å². The average Bonchev–Trinajstić information content (AvgIpc) is 2.74. The van der Waals surface area contributed by atoms with E-state index >= 15 is 0 Å². The maximum atomic E-state index is 9.08. The molecular weight excluding hydrogens is 208 g/mol. The molecule has 2 nitrogen and oxygen atoms in total. The van der Waals surface area contributed by atoms with Crippen molar-refractivity contribution in [2.24, 2.45) is 0 Å². The van der Waals surface area contributed by atoms with Gasteiger partial charge in [0.1, 0.15) is 11.5 Å². The Morgan fingerprint density at radius 1 is 1.13 bits per heavy atom. The molecule has 1 aromatic heterocycles. The summed E-state index contributed by atoms with van der Waals surface area (Å²) in [4.78, 5) is 0. The summed E-state index contributed by atoms with van der Waals surface area (Å²) < 4.78 is 5.53. The number of thiophene rings is 1. The minimum atomic E-state index is 0.264. The number of hydrogen-bond acceptors (Lipinski definition) is 3. The highest BCUT2D eigenvalue weighted by Crippen LogP contribution is 2.16. The maximum absolute atomic E-state index is 9.08. The normalized spacial score (nSPS) is 10.1. The summed E-state index contributed by atoms with van der Waals surface area (Å²) in [6.45, 7) is 0.668. The van der Waals surface area contributed by atoms with Crippen LogP contribution >= 0.6 is 11.3 Å². The van der Waals surface area contributed by atoms with Gasteiger partial charge in [-0.3, -0.25) is 0 Å². The van der Waals surface area contributed by atoms with E-state index in [4.69, 9.17) is 9.84 Å². The number of rotatable bonds is 4. The van der Waals surface area contributed by atoms with Crippen molar-refractivity contribution in [3.8, 4) is 11.5 Å². The van der Waals surface area contributed by atoms with Gasteiger partial charge >= 0.3 is 0 Å². The van der Waals surface area contributed by atoms with Crippen LogP contribution in [0.4, 0.5) is 0 Å². The summed E-state index contributed by atoms with van der Waals surface area (Å²) in [5.41, 5.74) is 1.30. The highest BCUT2D eigenvalue weighted by molar-refractivity contribution is 7.07. The maximum Gasteiger partial charge on any atom is 0.119 e. The van der Waals surface area contributed by atoms with Crippen LogP contribution in [0, 0.1) is 0 Å². The molecule has 78 valence electrons. The Labute approximate surface area is 92.8 Å². The smallest absolute Gasteiger partial charge is 0.119 e. The first kappa shape index (κ1) is 10.1. The van der Waals surface area contributed by atoms with Crippen molar-refractivity contribution in [2.75, 3.05) is 6.61 Å². The van der Waals surface area contributed by atoms with Gasteiger partial charge < -0.3 is 9.84 Å². The molecule has 0 unspecified atom stereocenters. The summed E-state index contributed by atoms with van der Waals surface area (Å²) in [6.07, 6.45) is 0.921. The third kappa shape index (κ3) is 2.99. The van der Waals surface area contributed by atoms with Crippen LogP contribution in [-0.4, -0.2) is 11.7 Å². The Kier molecular flexibility index (Phi) is 3.25. The molecule has 1 heterocycles. The van der Waals surface area contributed by atoms with Crippen LogP contribution in [0.25, 0.3) is 0 Å². The number of ether oxygens (including phenoxy) is 1. The van der Waals surface area contributed by atoms with Crippen molar-refractivity contribution in [1.29, 1.82) is 0 Å². The van der Waals surface area contributed by atoms with Crippen LogP contribution in [0.3, 0.4) is 0 Å². The second-order valence-corrected chi connectivity index (χ2v) is 4.00. The lowest BCUT2D eigenvalue weighted by atomic mass is 10.2. The van der Waals surface area contributed by atoms with Crippen molar-refractivity contribution in [2.45, 2.75) is 6.42 Å². The fourth-order valence-corrected chi connectivity index (χ4v) is 1.97. The molecule has 0 atom stereocenters. The lowest BCUT2D eigenvalue weighted by molar-refractivity contribution is 0.321. The number of phenols is 1. The molecule has 1 N–H and O–H groups in total. The van der Waals surface area contributed by atoms with E-state index in [2.05, 4.69) is 16.8 Å². The van der Waals surface area contributed by atoms with Gasteiger partial charge in [-0.15, -0.1) is 0 Å². The zero-order valence-corrected chi connectivity index (χ0v) is 9.04. The highest BCUT2D eigenvalue weighted by atomic mass is 32.1. The van der Waals surface area contributed by atoms with Crippen LogP contribution in [-0.2, 0) is 6.42 Å². The van der Waals surface area contributed by atoms with Crippen LogP contribution in [0.2, 0.25) is 0 Å². The third-order valence-corrected chi connectivity index (χ3v) is 2.81. The molecule has 2 rings (SSSR count). The van der Waals surface area contributed by atoms with Gasteiger partial charge in [0.15, 0.2) is 0 Å². The minimum Gasteiger partial charge on any atom is -0.508 e. The minimum absolute atomic E-state index is 0.264. The summed E-state index contributed by atoms with van der Waals surface area (Å²) in [7, 11) is 0.